The summed E-state index contributed by atoms with van der Waals surface area (Å²) in [5, 5.41) is 2.73. The number of carbonyl (C=O) groups is 1. The molecule has 1 aliphatic rings. The van der Waals surface area contributed by atoms with Crippen LogP contribution in [-0.4, -0.2) is 43.5 Å². The van der Waals surface area contributed by atoms with Crippen molar-refractivity contribution in [2.24, 2.45) is 0 Å². The number of hydrogen-bond donors (Lipinski definition) is 1. The lowest BCUT2D eigenvalue weighted by atomic mass is 10.2. The van der Waals surface area contributed by atoms with Crippen LogP contribution in [0.4, 0.5) is 4.79 Å². The quantitative estimate of drug-likeness (QED) is 0.911. The molecule has 0 bridgehead atoms. The molecular formula is C16H24N2O4S. The van der Waals surface area contributed by atoms with Crippen LogP contribution in [0.1, 0.15) is 32.8 Å². The van der Waals surface area contributed by atoms with Crippen LogP contribution in [0, 0.1) is 0 Å². The van der Waals surface area contributed by atoms with Crippen LogP contribution in [0.2, 0.25) is 0 Å². The summed E-state index contributed by atoms with van der Waals surface area (Å²) in [6, 6.07) is 8.87. The van der Waals surface area contributed by atoms with Gasteiger partial charge >= 0.3 is 6.09 Å². The Morgan fingerprint density at radius 3 is 2.57 bits per heavy atom. The Labute approximate surface area is 137 Å². The maximum absolute atomic E-state index is 12.4. The minimum absolute atomic E-state index is 0.0208. The Bertz CT molecular complexity index is 638. The Balaban J connectivity index is 1.90. The lowest BCUT2D eigenvalue weighted by Gasteiger charge is -2.22. The van der Waals surface area contributed by atoms with Gasteiger partial charge in [0.2, 0.25) is 10.0 Å². The van der Waals surface area contributed by atoms with E-state index in [2.05, 4.69) is 5.32 Å². The van der Waals surface area contributed by atoms with Crippen LogP contribution < -0.4 is 5.32 Å². The number of nitrogens with one attached hydrogen (secondary N) is 1. The van der Waals surface area contributed by atoms with E-state index in [1.54, 1.807) is 32.9 Å². The minimum Gasteiger partial charge on any atom is -0.444 e. The molecule has 0 aromatic heterocycles. The van der Waals surface area contributed by atoms with Crippen molar-refractivity contribution in [3.8, 4) is 0 Å². The van der Waals surface area contributed by atoms with E-state index in [0.29, 0.717) is 13.0 Å². The summed E-state index contributed by atoms with van der Waals surface area (Å²) in [6.07, 6.45) is 0.0811. The molecule has 1 aliphatic heterocycles. The van der Waals surface area contributed by atoms with E-state index in [1.165, 1.54) is 4.31 Å². The monoisotopic (exact) mass is 340 g/mol. The van der Waals surface area contributed by atoms with E-state index in [-0.39, 0.29) is 18.3 Å². The smallest absolute Gasteiger partial charge is 0.407 e. The van der Waals surface area contributed by atoms with Crippen LogP contribution in [-0.2, 0) is 20.5 Å². The van der Waals surface area contributed by atoms with Crippen LogP contribution in [0.15, 0.2) is 30.3 Å². The fraction of sp³-hybridized carbons (Fsp3) is 0.562. The van der Waals surface area contributed by atoms with E-state index < -0.39 is 21.7 Å². The number of rotatable bonds is 4. The van der Waals surface area contributed by atoms with E-state index in [0.717, 1.165) is 5.56 Å². The number of carbonyl (C=O) groups excluding carboxylic acids is 1. The Morgan fingerprint density at radius 1 is 1.30 bits per heavy atom. The lowest BCUT2D eigenvalue weighted by Crippen LogP contribution is -2.41. The molecular weight excluding hydrogens is 316 g/mol. The van der Waals surface area contributed by atoms with Gasteiger partial charge in [-0.25, -0.2) is 13.2 Å². The molecule has 0 saturated carbocycles. The second-order valence-corrected chi connectivity index (χ2v) is 8.70. The van der Waals surface area contributed by atoms with Crippen molar-refractivity contribution in [2.75, 3.05) is 13.1 Å². The van der Waals surface area contributed by atoms with E-state index in [4.69, 9.17) is 4.74 Å². The van der Waals surface area contributed by atoms with Crippen LogP contribution in [0.3, 0.4) is 0 Å². The van der Waals surface area contributed by atoms with Gasteiger partial charge in [-0.2, -0.15) is 4.31 Å². The van der Waals surface area contributed by atoms with Crippen molar-refractivity contribution in [1.29, 1.82) is 0 Å². The zero-order valence-electron chi connectivity index (χ0n) is 13.8. The summed E-state index contributed by atoms with van der Waals surface area (Å²) in [6.45, 7) is 6.07. The summed E-state index contributed by atoms with van der Waals surface area (Å²) < 4.78 is 31.5. The molecule has 1 heterocycles. The van der Waals surface area contributed by atoms with Gasteiger partial charge in [0.25, 0.3) is 0 Å². The highest BCUT2D eigenvalue weighted by Gasteiger charge is 2.32. The highest BCUT2D eigenvalue weighted by molar-refractivity contribution is 7.88. The first-order valence-electron chi connectivity index (χ1n) is 7.67. The third-order valence-electron chi connectivity index (χ3n) is 3.46. The molecule has 128 valence electrons. The van der Waals surface area contributed by atoms with Crippen molar-refractivity contribution < 1.29 is 17.9 Å². The third-order valence-corrected chi connectivity index (χ3v) is 5.27. The number of ether oxygens (including phenoxy) is 1. The summed E-state index contributed by atoms with van der Waals surface area (Å²) in [4.78, 5) is 11.8. The highest BCUT2D eigenvalue weighted by Crippen LogP contribution is 2.18. The Hall–Kier alpha value is -1.60. The van der Waals surface area contributed by atoms with E-state index >= 15 is 0 Å². The molecule has 7 heteroatoms. The SMILES string of the molecule is CC(C)(C)OC(=O)N[C@H]1CCN(S(=O)(=O)Cc2ccccc2)C1. The summed E-state index contributed by atoms with van der Waals surface area (Å²) in [5.41, 5.74) is 0.193. The van der Waals surface area contributed by atoms with Gasteiger partial charge in [0.15, 0.2) is 0 Å². The molecule has 0 unspecified atom stereocenters. The predicted molar refractivity (Wildman–Crippen MR) is 88.4 cm³/mol. The van der Waals surface area contributed by atoms with Crippen molar-refractivity contribution in [1.82, 2.24) is 9.62 Å². The predicted octanol–water partition coefficient (Wildman–Crippen LogP) is 2.12. The van der Waals surface area contributed by atoms with Crippen molar-refractivity contribution >= 4 is 16.1 Å². The van der Waals surface area contributed by atoms with Crippen LogP contribution in [0.25, 0.3) is 0 Å². The Morgan fingerprint density at radius 2 is 1.96 bits per heavy atom. The van der Waals surface area contributed by atoms with Crippen LogP contribution in [0.5, 0.6) is 0 Å². The molecule has 2 rings (SSSR count). The number of sulfonamides is 1. The van der Waals surface area contributed by atoms with Gasteiger partial charge in [0, 0.05) is 19.1 Å². The van der Waals surface area contributed by atoms with Gasteiger partial charge in [0.05, 0.1) is 5.75 Å². The van der Waals surface area contributed by atoms with Crippen molar-refractivity contribution in [3.05, 3.63) is 35.9 Å². The molecule has 1 amide bonds. The zero-order valence-corrected chi connectivity index (χ0v) is 14.6. The molecule has 6 nitrogen and oxygen atoms in total. The molecule has 1 aromatic carbocycles. The molecule has 0 spiro atoms. The lowest BCUT2D eigenvalue weighted by molar-refractivity contribution is 0.0507. The van der Waals surface area contributed by atoms with Gasteiger partial charge in [0.1, 0.15) is 5.60 Å². The Kier molecular flexibility index (Phi) is 5.31. The molecule has 1 aromatic rings. The van der Waals surface area contributed by atoms with Crippen LogP contribution >= 0.6 is 0 Å². The van der Waals surface area contributed by atoms with Crippen molar-refractivity contribution in [3.63, 3.8) is 0 Å². The fourth-order valence-corrected chi connectivity index (χ4v) is 4.04. The second-order valence-electron chi connectivity index (χ2n) is 6.73. The van der Waals surface area contributed by atoms with E-state index in [9.17, 15) is 13.2 Å². The molecule has 1 N–H and O–H groups in total. The number of amides is 1. The number of hydrogen-bond acceptors (Lipinski definition) is 4. The summed E-state index contributed by atoms with van der Waals surface area (Å²) >= 11 is 0. The normalized spacial score (nSPS) is 19.5. The topological polar surface area (TPSA) is 75.7 Å². The summed E-state index contributed by atoms with van der Waals surface area (Å²) in [5.74, 6) is -0.0208. The van der Waals surface area contributed by atoms with E-state index in [1.807, 2.05) is 18.2 Å². The highest BCUT2D eigenvalue weighted by atomic mass is 32.2. The molecule has 23 heavy (non-hydrogen) atoms. The average Bonchev–Trinajstić information content (AvgIpc) is 2.86. The van der Waals surface area contributed by atoms with Gasteiger partial charge in [-0.15, -0.1) is 0 Å². The maximum Gasteiger partial charge on any atom is 0.407 e. The van der Waals surface area contributed by atoms with Gasteiger partial charge in [-0.1, -0.05) is 30.3 Å². The largest absolute Gasteiger partial charge is 0.444 e. The molecule has 1 atom stereocenters. The standard InChI is InChI=1S/C16H24N2O4S/c1-16(2,3)22-15(19)17-14-9-10-18(11-14)23(20,21)12-13-7-5-4-6-8-13/h4-8,14H,9-12H2,1-3H3,(H,17,19)/t14-/m0/s1. The fourth-order valence-electron chi connectivity index (χ4n) is 2.45. The minimum atomic E-state index is -3.38. The molecule has 1 saturated heterocycles. The first kappa shape index (κ1) is 17.7. The van der Waals surface area contributed by atoms with Crippen molar-refractivity contribution in [2.45, 2.75) is 44.6 Å². The van der Waals surface area contributed by atoms with Gasteiger partial charge in [-0.05, 0) is 32.8 Å². The number of nitrogens with zero attached hydrogens (tertiary/aromatic N) is 1. The van der Waals surface area contributed by atoms with Gasteiger partial charge in [-0.3, -0.25) is 0 Å². The zero-order chi connectivity index (χ0) is 17.1. The maximum atomic E-state index is 12.4. The average molecular weight is 340 g/mol. The van der Waals surface area contributed by atoms with Gasteiger partial charge < -0.3 is 10.1 Å². The first-order valence-corrected chi connectivity index (χ1v) is 9.28. The summed E-state index contributed by atoms with van der Waals surface area (Å²) in [7, 11) is -3.38. The second kappa shape index (κ2) is 6.88. The molecule has 0 aliphatic carbocycles. The molecule has 0 radical (unpaired) electrons. The number of benzene rings is 1. The molecule has 1 fully saturated rings. The third kappa shape index (κ3) is 5.51. The number of alkyl carbamates (subject to hydrolysis) is 1. The first-order chi connectivity index (χ1) is 10.7.